The van der Waals surface area contributed by atoms with Crippen LogP contribution in [0.25, 0.3) is 0 Å². The number of nitrogens with two attached hydrogens (primary N) is 1. The summed E-state index contributed by atoms with van der Waals surface area (Å²) in [5.41, 5.74) is 4.04. The molecule has 2 N–H and O–H groups in total. The Hall–Kier alpha value is -1.17. The lowest BCUT2D eigenvalue weighted by Crippen LogP contribution is -2.28. The highest BCUT2D eigenvalue weighted by Crippen LogP contribution is 2.31. The summed E-state index contributed by atoms with van der Waals surface area (Å²) in [6, 6.07) is 1.79. The molecule has 6 heteroatoms. The highest BCUT2D eigenvalue weighted by molar-refractivity contribution is 5.27. The summed E-state index contributed by atoms with van der Waals surface area (Å²) >= 11 is 0. The Morgan fingerprint density at radius 1 is 1.07 bits per heavy atom. The number of halogens is 5. The van der Waals surface area contributed by atoms with Gasteiger partial charge in [-0.3, -0.25) is 0 Å². The van der Waals surface area contributed by atoms with Gasteiger partial charge in [0.25, 0.3) is 6.43 Å². The third-order valence-corrected chi connectivity index (χ3v) is 1.87. The Labute approximate surface area is 82.7 Å². The number of alkyl halides is 5. The van der Waals surface area contributed by atoms with Crippen molar-refractivity contribution in [2.24, 2.45) is 5.73 Å². The minimum absolute atomic E-state index is 0.361. The van der Waals surface area contributed by atoms with Crippen LogP contribution in [0.15, 0.2) is 24.3 Å². The van der Waals surface area contributed by atoms with Gasteiger partial charge in [-0.1, -0.05) is 18.2 Å². The van der Waals surface area contributed by atoms with Crippen LogP contribution in [0.3, 0.4) is 0 Å². The van der Waals surface area contributed by atoms with Crippen molar-refractivity contribution in [2.45, 2.75) is 18.6 Å². The van der Waals surface area contributed by atoms with E-state index in [9.17, 15) is 22.0 Å². The molecule has 0 radical (unpaired) electrons. The Morgan fingerprint density at radius 2 is 1.60 bits per heavy atom. The van der Waals surface area contributed by atoms with E-state index in [1.54, 1.807) is 0 Å². The van der Waals surface area contributed by atoms with Gasteiger partial charge < -0.3 is 5.73 Å². The molecule has 1 aromatic carbocycles. The molecular formula is C9H8F5N. The molecular weight excluding hydrogens is 217 g/mol. The number of rotatable bonds is 2. The van der Waals surface area contributed by atoms with E-state index < -0.39 is 24.2 Å². The first-order valence-corrected chi connectivity index (χ1v) is 4.02. The maximum Gasteiger partial charge on any atom is 0.407 e. The van der Waals surface area contributed by atoms with Gasteiger partial charge in [-0.2, -0.15) is 13.2 Å². The summed E-state index contributed by atoms with van der Waals surface area (Å²) in [6.45, 7) is 0. The molecule has 0 amide bonds. The zero-order chi connectivity index (χ0) is 11.6. The van der Waals surface area contributed by atoms with E-state index in [2.05, 4.69) is 0 Å². The fraction of sp³-hybridized carbons (Fsp3) is 0.333. The first-order chi connectivity index (χ1) is 6.82. The van der Waals surface area contributed by atoms with Gasteiger partial charge in [-0.15, -0.1) is 0 Å². The predicted octanol–water partition coefficient (Wildman–Crippen LogP) is 3.19. The quantitative estimate of drug-likeness (QED) is 0.768. The molecule has 84 valence electrons. The third-order valence-electron chi connectivity index (χ3n) is 1.87. The van der Waals surface area contributed by atoms with E-state index in [4.69, 9.17) is 5.73 Å². The molecule has 1 aromatic rings. The molecule has 0 fully saturated rings. The Balaban J connectivity index is 3.00. The second-order valence-corrected chi connectivity index (χ2v) is 2.99. The maximum absolute atomic E-state index is 12.2. The molecule has 1 nitrogen and oxygen atoms in total. The topological polar surface area (TPSA) is 26.0 Å². The van der Waals surface area contributed by atoms with Crippen molar-refractivity contribution >= 4 is 0 Å². The van der Waals surface area contributed by atoms with E-state index in [1.807, 2.05) is 0 Å². The van der Waals surface area contributed by atoms with Gasteiger partial charge in [-0.05, 0) is 11.6 Å². The summed E-state index contributed by atoms with van der Waals surface area (Å²) < 4.78 is 60.8. The van der Waals surface area contributed by atoms with Gasteiger partial charge in [-0.25, -0.2) is 8.78 Å². The normalized spacial score (nSPS) is 14.3. The molecule has 0 heterocycles. The lowest BCUT2D eigenvalue weighted by molar-refractivity contribution is -0.149. The Kier molecular flexibility index (Phi) is 3.28. The SMILES string of the molecule is N[C@@H](c1cccc(C(F)F)c1)C(F)(F)F. The van der Waals surface area contributed by atoms with Crippen LogP contribution in [0.2, 0.25) is 0 Å². The van der Waals surface area contributed by atoms with Crippen molar-refractivity contribution in [1.29, 1.82) is 0 Å². The first kappa shape index (κ1) is 11.9. The van der Waals surface area contributed by atoms with Gasteiger partial charge in [0.05, 0.1) is 0 Å². The van der Waals surface area contributed by atoms with Crippen LogP contribution < -0.4 is 5.73 Å². The van der Waals surface area contributed by atoms with Crippen LogP contribution in [0.1, 0.15) is 23.6 Å². The predicted molar refractivity (Wildman–Crippen MR) is 44.4 cm³/mol. The molecule has 0 bridgehead atoms. The summed E-state index contributed by atoms with van der Waals surface area (Å²) in [5.74, 6) is 0. The van der Waals surface area contributed by atoms with E-state index in [0.717, 1.165) is 24.3 Å². The van der Waals surface area contributed by atoms with Crippen molar-refractivity contribution in [2.75, 3.05) is 0 Å². The zero-order valence-electron chi connectivity index (χ0n) is 7.43. The Morgan fingerprint density at radius 3 is 2.07 bits per heavy atom. The molecule has 0 aliphatic rings. The van der Waals surface area contributed by atoms with Crippen molar-refractivity contribution in [1.82, 2.24) is 0 Å². The number of benzene rings is 1. The van der Waals surface area contributed by atoms with Gasteiger partial charge in [0.1, 0.15) is 6.04 Å². The molecule has 0 spiro atoms. The minimum Gasteiger partial charge on any atom is -0.316 e. The molecule has 0 aromatic heterocycles. The van der Waals surface area contributed by atoms with Crippen LogP contribution >= 0.6 is 0 Å². The van der Waals surface area contributed by atoms with Gasteiger partial charge >= 0.3 is 6.18 Å². The monoisotopic (exact) mass is 225 g/mol. The van der Waals surface area contributed by atoms with Gasteiger partial charge in [0.2, 0.25) is 0 Å². The summed E-state index contributed by atoms with van der Waals surface area (Å²) in [4.78, 5) is 0. The van der Waals surface area contributed by atoms with E-state index >= 15 is 0 Å². The Bertz CT molecular complexity index is 334. The first-order valence-electron chi connectivity index (χ1n) is 4.02. The van der Waals surface area contributed by atoms with Crippen LogP contribution in [-0.2, 0) is 0 Å². The molecule has 0 saturated carbocycles. The van der Waals surface area contributed by atoms with E-state index in [-0.39, 0.29) is 5.56 Å². The molecule has 0 aliphatic heterocycles. The summed E-state index contributed by atoms with van der Waals surface area (Å²) in [6.07, 6.45) is -7.42. The van der Waals surface area contributed by atoms with Crippen LogP contribution in [0.5, 0.6) is 0 Å². The molecule has 1 atom stereocenters. The third kappa shape index (κ3) is 2.89. The highest BCUT2D eigenvalue weighted by atomic mass is 19.4. The van der Waals surface area contributed by atoms with Crippen LogP contribution in [0.4, 0.5) is 22.0 Å². The van der Waals surface area contributed by atoms with Crippen molar-refractivity contribution in [3.63, 3.8) is 0 Å². The number of hydrogen-bond donors (Lipinski definition) is 1. The molecule has 0 aliphatic carbocycles. The summed E-state index contributed by atoms with van der Waals surface area (Å²) in [5, 5.41) is 0. The minimum atomic E-state index is -4.62. The van der Waals surface area contributed by atoms with E-state index in [1.165, 1.54) is 0 Å². The van der Waals surface area contributed by atoms with Crippen molar-refractivity contribution in [3.8, 4) is 0 Å². The lowest BCUT2D eigenvalue weighted by Gasteiger charge is -2.16. The highest BCUT2D eigenvalue weighted by Gasteiger charge is 2.37. The average Bonchev–Trinajstić information content (AvgIpc) is 2.15. The molecule has 1 rings (SSSR count). The largest absolute Gasteiger partial charge is 0.407 e. The molecule has 15 heavy (non-hydrogen) atoms. The maximum atomic E-state index is 12.2. The smallest absolute Gasteiger partial charge is 0.316 e. The molecule has 0 saturated heterocycles. The standard InChI is InChI=1S/C9H8F5N/c10-8(11)6-3-1-2-5(4-6)7(15)9(12,13)14/h1-4,7-8H,15H2/t7-/m0/s1. The second-order valence-electron chi connectivity index (χ2n) is 2.99. The molecule has 0 unspecified atom stereocenters. The second kappa shape index (κ2) is 4.14. The fourth-order valence-corrected chi connectivity index (χ4v) is 1.08. The lowest BCUT2D eigenvalue weighted by atomic mass is 10.0. The van der Waals surface area contributed by atoms with Crippen LogP contribution in [-0.4, -0.2) is 6.18 Å². The average molecular weight is 225 g/mol. The summed E-state index contributed by atoms with van der Waals surface area (Å²) in [7, 11) is 0. The fourth-order valence-electron chi connectivity index (χ4n) is 1.08. The van der Waals surface area contributed by atoms with Crippen molar-refractivity contribution < 1.29 is 22.0 Å². The van der Waals surface area contributed by atoms with Gasteiger partial charge in [0, 0.05) is 5.56 Å². The van der Waals surface area contributed by atoms with Crippen molar-refractivity contribution in [3.05, 3.63) is 35.4 Å². The van der Waals surface area contributed by atoms with E-state index in [0.29, 0.717) is 0 Å². The number of hydrogen-bond acceptors (Lipinski definition) is 1. The zero-order valence-corrected chi connectivity index (χ0v) is 7.43. The van der Waals surface area contributed by atoms with Crippen LogP contribution in [0, 0.1) is 0 Å². The van der Waals surface area contributed by atoms with Gasteiger partial charge in [0.15, 0.2) is 0 Å².